The van der Waals surface area contributed by atoms with E-state index < -0.39 is 10.8 Å². The minimum Gasteiger partial charge on any atom is -0.357 e. The number of imidazole rings is 1. The molecule has 1 saturated carbocycles. The van der Waals surface area contributed by atoms with Crippen LogP contribution in [0.1, 0.15) is 45.4 Å². The van der Waals surface area contributed by atoms with Crippen molar-refractivity contribution in [2.45, 2.75) is 57.4 Å². The number of benzene rings is 1. The van der Waals surface area contributed by atoms with Gasteiger partial charge in [-0.3, -0.25) is 4.21 Å². The number of aromatic nitrogens is 2. The Bertz CT molecular complexity index is 789. The zero-order chi connectivity index (χ0) is 19.8. The maximum Gasteiger partial charge on any atom is 0.191 e. The second kappa shape index (κ2) is 10.4. The number of nitrogens with zero attached hydrogens (tertiary/aromatic N) is 2. The molecule has 3 N–H and O–H groups in total. The van der Waals surface area contributed by atoms with Crippen LogP contribution < -0.4 is 10.6 Å². The highest BCUT2D eigenvalue weighted by molar-refractivity contribution is 7.85. The van der Waals surface area contributed by atoms with Gasteiger partial charge in [0.15, 0.2) is 5.96 Å². The van der Waals surface area contributed by atoms with E-state index in [2.05, 4.69) is 39.7 Å². The van der Waals surface area contributed by atoms with Gasteiger partial charge in [0.1, 0.15) is 12.4 Å². The monoisotopic (exact) mass is 401 g/mol. The normalized spacial score (nSPS) is 21.3. The fourth-order valence-corrected chi connectivity index (χ4v) is 4.97. The van der Waals surface area contributed by atoms with Gasteiger partial charge in [-0.1, -0.05) is 43.7 Å². The molecule has 2 aromatic rings. The average Bonchev–Trinajstić information content (AvgIpc) is 3.21. The summed E-state index contributed by atoms with van der Waals surface area (Å²) >= 11 is 0. The Morgan fingerprint density at radius 3 is 2.86 bits per heavy atom. The maximum atomic E-state index is 12.2. The predicted octanol–water partition coefficient (Wildman–Crippen LogP) is 3.21. The highest BCUT2D eigenvalue weighted by Crippen LogP contribution is 2.23. The van der Waals surface area contributed by atoms with Crippen LogP contribution >= 0.6 is 0 Å². The van der Waals surface area contributed by atoms with Gasteiger partial charge in [-0.15, -0.1) is 0 Å². The summed E-state index contributed by atoms with van der Waals surface area (Å²) in [6, 6.07) is 10.5. The third-order valence-corrected chi connectivity index (χ3v) is 6.81. The van der Waals surface area contributed by atoms with Gasteiger partial charge in [-0.05, 0) is 31.7 Å². The van der Waals surface area contributed by atoms with Gasteiger partial charge in [0.2, 0.25) is 0 Å². The number of nitrogens with one attached hydrogen (secondary N) is 3. The predicted molar refractivity (Wildman–Crippen MR) is 117 cm³/mol. The van der Waals surface area contributed by atoms with Crippen LogP contribution in [0.5, 0.6) is 0 Å². The lowest BCUT2D eigenvalue weighted by molar-refractivity contribution is 0.413. The van der Waals surface area contributed by atoms with Crippen molar-refractivity contribution in [2.75, 3.05) is 12.3 Å². The van der Waals surface area contributed by atoms with Crippen LogP contribution in [-0.4, -0.2) is 43.7 Å². The molecule has 0 spiro atoms. The van der Waals surface area contributed by atoms with Crippen LogP contribution in [0.4, 0.5) is 0 Å². The summed E-state index contributed by atoms with van der Waals surface area (Å²) in [4.78, 5) is 12.5. The van der Waals surface area contributed by atoms with Gasteiger partial charge in [-0.2, -0.15) is 0 Å². The maximum absolute atomic E-state index is 12.2. The molecule has 0 aliphatic heterocycles. The largest absolute Gasteiger partial charge is 0.357 e. The highest BCUT2D eigenvalue weighted by atomic mass is 32.2. The Morgan fingerprint density at radius 1 is 1.29 bits per heavy atom. The highest BCUT2D eigenvalue weighted by Gasteiger charge is 2.26. The zero-order valence-corrected chi connectivity index (χ0v) is 17.6. The van der Waals surface area contributed by atoms with Gasteiger partial charge in [0.25, 0.3) is 0 Å². The molecular weight excluding hydrogens is 370 g/mol. The number of guanidine groups is 1. The third kappa shape index (κ3) is 5.67. The van der Waals surface area contributed by atoms with Crippen LogP contribution in [-0.2, 0) is 17.3 Å². The Labute approximate surface area is 170 Å². The lowest BCUT2D eigenvalue weighted by atomic mass is 9.95. The fourth-order valence-electron chi connectivity index (χ4n) is 3.63. The van der Waals surface area contributed by atoms with Crippen molar-refractivity contribution in [3.8, 4) is 11.3 Å². The van der Waals surface area contributed by atoms with Gasteiger partial charge in [0.05, 0.1) is 11.9 Å². The zero-order valence-electron chi connectivity index (χ0n) is 16.8. The lowest BCUT2D eigenvalue weighted by Gasteiger charge is -2.30. The summed E-state index contributed by atoms with van der Waals surface area (Å²) < 4.78 is 12.2. The summed E-state index contributed by atoms with van der Waals surface area (Å²) in [6.07, 6.45) is 6.09. The number of hydrogen-bond donors (Lipinski definition) is 3. The SMILES string of the molecule is CCNC(=NCc1ncc(-c2ccccc2)[nH]1)NC1CCCC(S(=O)CC)C1. The average molecular weight is 402 g/mol. The van der Waals surface area contributed by atoms with Crippen LogP contribution in [0.2, 0.25) is 0 Å². The topological polar surface area (TPSA) is 82.2 Å². The van der Waals surface area contributed by atoms with Crippen molar-refractivity contribution in [2.24, 2.45) is 4.99 Å². The molecule has 1 aliphatic carbocycles. The first-order valence-electron chi connectivity index (χ1n) is 10.2. The molecule has 3 atom stereocenters. The van der Waals surface area contributed by atoms with Gasteiger partial charge >= 0.3 is 0 Å². The Kier molecular flexibility index (Phi) is 7.65. The van der Waals surface area contributed by atoms with Crippen LogP contribution in [0, 0.1) is 0 Å². The molecule has 0 saturated heterocycles. The Balaban J connectivity index is 1.61. The minimum atomic E-state index is -0.717. The van der Waals surface area contributed by atoms with Gasteiger partial charge < -0.3 is 15.6 Å². The van der Waals surface area contributed by atoms with Crippen LogP contribution in [0.15, 0.2) is 41.5 Å². The number of rotatable bonds is 7. The van der Waals surface area contributed by atoms with E-state index >= 15 is 0 Å². The molecular formula is C21H31N5OS. The van der Waals surface area contributed by atoms with E-state index in [4.69, 9.17) is 4.99 Å². The molecule has 7 heteroatoms. The first kappa shape index (κ1) is 20.6. The van der Waals surface area contributed by atoms with E-state index in [0.29, 0.717) is 17.8 Å². The number of aliphatic imine (C=N–C) groups is 1. The van der Waals surface area contributed by atoms with Crippen molar-refractivity contribution < 1.29 is 4.21 Å². The molecule has 0 bridgehead atoms. The Morgan fingerprint density at radius 2 is 2.11 bits per heavy atom. The van der Waals surface area contributed by atoms with Crippen molar-refractivity contribution in [3.63, 3.8) is 0 Å². The van der Waals surface area contributed by atoms with Crippen molar-refractivity contribution >= 4 is 16.8 Å². The van der Waals surface area contributed by atoms with Crippen LogP contribution in [0.3, 0.4) is 0 Å². The standard InChI is InChI=1S/C21H31N5OS/c1-3-22-21(25-17-11-8-12-18(13-17)28(27)4-2)24-15-20-23-14-19(26-20)16-9-6-5-7-10-16/h5-7,9-10,14,17-18H,3-4,8,11-13,15H2,1-2H3,(H,23,26)(H2,22,24,25). The van der Waals surface area contributed by atoms with E-state index in [1.54, 1.807) is 0 Å². The minimum absolute atomic E-state index is 0.303. The molecule has 1 aromatic heterocycles. The second-order valence-electron chi connectivity index (χ2n) is 7.10. The van der Waals surface area contributed by atoms with E-state index in [9.17, 15) is 4.21 Å². The summed E-state index contributed by atoms with van der Waals surface area (Å²) in [5.74, 6) is 2.38. The molecule has 28 heavy (non-hydrogen) atoms. The van der Waals surface area contributed by atoms with E-state index in [1.165, 1.54) is 0 Å². The number of aromatic amines is 1. The molecule has 1 aliphatic rings. The van der Waals surface area contributed by atoms with Crippen molar-refractivity contribution in [3.05, 3.63) is 42.4 Å². The van der Waals surface area contributed by atoms with Crippen molar-refractivity contribution in [1.29, 1.82) is 0 Å². The Hall–Kier alpha value is -2.15. The third-order valence-electron chi connectivity index (χ3n) is 5.07. The molecule has 3 rings (SSSR count). The van der Waals surface area contributed by atoms with Crippen molar-refractivity contribution in [1.82, 2.24) is 20.6 Å². The van der Waals surface area contributed by atoms with Gasteiger partial charge in [0, 0.05) is 34.4 Å². The first-order chi connectivity index (χ1) is 13.7. The molecule has 152 valence electrons. The summed E-state index contributed by atoms with van der Waals surface area (Å²) in [6.45, 7) is 5.36. The molecule has 1 aromatic carbocycles. The molecule has 0 amide bonds. The second-order valence-corrected chi connectivity index (χ2v) is 9.11. The fraction of sp³-hybridized carbons (Fsp3) is 0.524. The molecule has 0 radical (unpaired) electrons. The summed E-state index contributed by atoms with van der Waals surface area (Å²) in [5, 5.41) is 7.16. The first-order valence-corrected chi connectivity index (χ1v) is 11.6. The van der Waals surface area contributed by atoms with Crippen LogP contribution in [0.25, 0.3) is 11.3 Å². The van der Waals surface area contributed by atoms with E-state index in [0.717, 1.165) is 61.0 Å². The lowest BCUT2D eigenvalue weighted by Crippen LogP contribution is -2.46. The van der Waals surface area contributed by atoms with E-state index in [-0.39, 0.29) is 0 Å². The molecule has 6 nitrogen and oxygen atoms in total. The van der Waals surface area contributed by atoms with Gasteiger partial charge in [-0.25, -0.2) is 9.98 Å². The molecule has 3 unspecified atom stereocenters. The smallest absolute Gasteiger partial charge is 0.191 e. The number of hydrogen-bond acceptors (Lipinski definition) is 3. The summed E-state index contributed by atoms with van der Waals surface area (Å²) in [7, 11) is -0.717. The van der Waals surface area contributed by atoms with E-state index in [1.807, 2.05) is 31.3 Å². The summed E-state index contributed by atoms with van der Waals surface area (Å²) in [5.41, 5.74) is 2.12. The quantitative estimate of drug-likeness (QED) is 0.491. The molecule has 1 heterocycles. The molecule has 1 fully saturated rings. The number of H-pyrrole nitrogens is 1.